The van der Waals surface area contributed by atoms with Gasteiger partial charge in [-0.25, -0.2) is 8.42 Å². The van der Waals surface area contributed by atoms with Gasteiger partial charge in [-0.15, -0.1) is 0 Å². The maximum atomic E-state index is 12.1. The van der Waals surface area contributed by atoms with Crippen LogP contribution >= 0.6 is 11.3 Å². The molecule has 0 saturated carbocycles. The number of sulfone groups is 1. The largest absolute Gasteiger partial charge is 0.497 e. The van der Waals surface area contributed by atoms with Gasteiger partial charge in [0.2, 0.25) is 15.7 Å². The molecular weight excluding hydrogens is 278 g/mol. The Hall–Kier alpha value is -1.80. The first-order chi connectivity index (χ1) is 8.45. The number of rotatable bonds is 3. The van der Waals surface area contributed by atoms with E-state index < -0.39 is 24.8 Å². The Morgan fingerprint density at radius 1 is 1.28 bits per heavy atom. The van der Waals surface area contributed by atoms with Crippen molar-refractivity contribution in [3.8, 4) is 11.6 Å². The van der Waals surface area contributed by atoms with Gasteiger partial charge in [0.1, 0.15) is 5.75 Å². The number of nitrogens with one attached hydrogen (secondary N) is 1. The number of aromatic nitrogens is 1. The van der Waals surface area contributed by atoms with Crippen LogP contribution in [0.15, 0.2) is 38.2 Å². The van der Waals surface area contributed by atoms with Crippen molar-refractivity contribution < 1.29 is 18.3 Å². The van der Waals surface area contributed by atoms with Crippen LogP contribution in [-0.4, -0.2) is 25.6 Å². The van der Waals surface area contributed by atoms with Crippen LogP contribution in [0.25, 0.3) is 0 Å². The SMILES string of the molecule is COc1ccc(S(=O)(=O)c2sc(=O)[nH]c2O)cc1. The van der Waals surface area contributed by atoms with Crippen LogP contribution in [0.4, 0.5) is 0 Å². The number of ether oxygens (including phenoxy) is 1. The Labute approximate surface area is 106 Å². The third-order valence-corrected chi connectivity index (χ3v) is 5.36. The third kappa shape index (κ3) is 2.12. The predicted octanol–water partition coefficient (Wildman–Crippen LogP) is 0.983. The van der Waals surface area contributed by atoms with Crippen LogP contribution in [-0.2, 0) is 9.84 Å². The molecule has 0 aliphatic heterocycles. The lowest BCUT2D eigenvalue weighted by molar-refractivity contribution is 0.414. The van der Waals surface area contributed by atoms with Crippen LogP contribution in [0, 0.1) is 0 Å². The summed E-state index contributed by atoms with van der Waals surface area (Å²) in [6, 6.07) is 5.66. The lowest BCUT2D eigenvalue weighted by Crippen LogP contribution is -2.00. The summed E-state index contributed by atoms with van der Waals surface area (Å²) in [6.07, 6.45) is 0. The molecule has 0 spiro atoms. The minimum Gasteiger partial charge on any atom is -0.497 e. The maximum absolute atomic E-state index is 12.1. The van der Waals surface area contributed by atoms with Gasteiger partial charge < -0.3 is 9.84 Å². The molecular formula is C10H9NO5S2. The second-order valence-electron chi connectivity index (χ2n) is 3.33. The van der Waals surface area contributed by atoms with Gasteiger partial charge >= 0.3 is 4.87 Å². The molecule has 0 radical (unpaired) electrons. The lowest BCUT2D eigenvalue weighted by atomic mass is 10.3. The summed E-state index contributed by atoms with van der Waals surface area (Å²) in [7, 11) is -2.43. The van der Waals surface area contributed by atoms with Gasteiger partial charge in [0.25, 0.3) is 0 Å². The summed E-state index contributed by atoms with van der Waals surface area (Å²) in [5, 5.41) is 9.38. The van der Waals surface area contributed by atoms with Crippen molar-refractivity contribution >= 4 is 21.2 Å². The quantitative estimate of drug-likeness (QED) is 0.877. The van der Waals surface area contributed by atoms with Crippen LogP contribution < -0.4 is 9.61 Å². The molecule has 0 atom stereocenters. The molecule has 0 bridgehead atoms. The van der Waals surface area contributed by atoms with Gasteiger partial charge in [-0.3, -0.25) is 9.78 Å². The minimum absolute atomic E-state index is 0.0196. The van der Waals surface area contributed by atoms with E-state index in [1.807, 2.05) is 4.98 Å². The van der Waals surface area contributed by atoms with Crippen molar-refractivity contribution in [1.29, 1.82) is 0 Å². The van der Waals surface area contributed by atoms with Crippen LogP contribution in [0.1, 0.15) is 0 Å². The molecule has 2 N–H and O–H groups in total. The van der Waals surface area contributed by atoms with E-state index in [0.29, 0.717) is 17.1 Å². The Morgan fingerprint density at radius 3 is 2.33 bits per heavy atom. The van der Waals surface area contributed by atoms with Crippen LogP contribution in [0.3, 0.4) is 0 Å². The van der Waals surface area contributed by atoms with Gasteiger partial charge in [0.15, 0.2) is 4.21 Å². The molecule has 8 heteroatoms. The fourth-order valence-corrected chi connectivity index (χ4v) is 3.78. The monoisotopic (exact) mass is 287 g/mol. The Kier molecular flexibility index (Phi) is 3.14. The Bertz CT molecular complexity index is 711. The molecule has 0 unspecified atom stereocenters. The van der Waals surface area contributed by atoms with E-state index in [2.05, 4.69) is 0 Å². The fraction of sp³-hybridized carbons (Fsp3) is 0.100. The smallest absolute Gasteiger partial charge is 0.308 e. The maximum Gasteiger partial charge on any atom is 0.308 e. The van der Waals surface area contributed by atoms with Crippen LogP contribution in [0.2, 0.25) is 0 Å². The standard InChI is InChI=1S/C10H9NO5S2/c1-16-6-2-4-7(5-3-6)18(14,15)9-8(12)11-10(13)17-9/h2-5,12H,1H3,(H,11,13). The number of H-pyrrole nitrogens is 1. The first-order valence-corrected chi connectivity index (χ1v) is 7.06. The highest BCUT2D eigenvalue weighted by Gasteiger charge is 2.25. The van der Waals surface area contributed by atoms with Crippen molar-refractivity contribution in [3.63, 3.8) is 0 Å². The van der Waals surface area contributed by atoms with Gasteiger partial charge in [-0.1, -0.05) is 11.3 Å². The molecule has 1 aromatic carbocycles. The number of benzene rings is 1. The lowest BCUT2D eigenvalue weighted by Gasteiger charge is -2.03. The summed E-state index contributed by atoms with van der Waals surface area (Å²) in [4.78, 5) is 12.4. The van der Waals surface area contributed by atoms with Crippen molar-refractivity contribution in [2.45, 2.75) is 9.10 Å². The zero-order chi connectivity index (χ0) is 13.3. The molecule has 18 heavy (non-hydrogen) atoms. The van der Waals surface area contributed by atoms with E-state index in [4.69, 9.17) is 4.74 Å². The average molecular weight is 287 g/mol. The van der Waals surface area contributed by atoms with Crippen molar-refractivity contribution in [2.75, 3.05) is 7.11 Å². The number of methoxy groups -OCH3 is 1. The van der Waals surface area contributed by atoms with E-state index in [1.54, 1.807) is 0 Å². The molecule has 0 aliphatic rings. The van der Waals surface area contributed by atoms with E-state index in [0.717, 1.165) is 0 Å². The van der Waals surface area contributed by atoms with E-state index in [1.165, 1.54) is 31.4 Å². The minimum atomic E-state index is -3.89. The second kappa shape index (κ2) is 4.46. The molecule has 0 amide bonds. The second-order valence-corrected chi connectivity index (χ2v) is 6.46. The molecule has 2 rings (SSSR count). The van der Waals surface area contributed by atoms with Crippen molar-refractivity contribution in [1.82, 2.24) is 4.98 Å². The molecule has 6 nitrogen and oxygen atoms in total. The first kappa shape index (κ1) is 12.7. The molecule has 0 saturated heterocycles. The highest BCUT2D eigenvalue weighted by atomic mass is 32.2. The zero-order valence-corrected chi connectivity index (χ0v) is 10.8. The summed E-state index contributed by atoms with van der Waals surface area (Å²) in [5.74, 6) is -0.124. The first-order valence-electron chi connectivity index (χ1n) is 4.76. The number of aromatic hydroxyl groups is 1. The summed E-state index contributed by atoms with van der Waals surface area (Å²) >= 11 is 0.446. The van der Waals surface area contributed by atoms with E-state index >= 15 is 0 Å². The summed E-state index contributed by atoms with van der Waals surface area (Å²) in [6.45, 7) is 0. The molecule has 96 valence electrons. The summed E-state index contributed by atoms with van der Waals surface area (Å²) < 4.78 is 28.8. The number of hydrogen-bond acceptors (Lipinski definition) is 6. The highest BCUT2D eigenvalue weighted by Crippen LogP contribution is 2.29. The van der Waals surface area contributed by atoms with Crippen LogP contribution in [0.5, 0.6) is 11.6 Å². The predicted molar refractivity (Wildman–Crippen MR) is 65.1 cm³/mol. The molecule has 1 heterocycles. The van der Waals surface area contributed by atoms with Gasteiger partial charge in [0, 0.05) is 0 Å². The van der Waals surface area contributed by atoms with Gasteiger partial charge in [0.05, 0.1) is 12.0 Å². The molecule has 0 aliphatic carbocycles. The molecule has 1 aromatic heterocycles. The number of thiazole rings is 1. The topological polar surface area (TPSA) is 96.5 Å². The fourth-order valence-electron chi connectivity index (χ4n) is 1.35. The van der Waals surface area contributed by atoms with E-state index in [9.17, 15) is 18.3 Å². The zero-order valence-electron chi connectivity index (χ0n) is 9.21. The number of hydrogen-bond donors (Lipinski definition) is 2. The van der Waals surface area contributed by atoms with E-state index in [-0.39, 0.29) is 4.90 Å². The number of aromatic amines is 1. The highest BCUT2D eigenvalue weighted by molar-refractivity contribution is 7.93. The molecule has 2 aromatic rings. The van der Waals surface area contributed by atoms with Crippen molar-refractivity contribution in [2.24, 2.45) is 0 Å². The Balaban J connectivity index is 2.54. The summed E-state index contributed by atoms with van der Waals surface area (Å²) in [5.41, 5.74) is 0. The normalized spacial score (nSPS) is 11.4. The molecule has 0 fully saturated rings. The van der Waals surface area contributed by atoms with Gasteiger partial charge in [-0.2, -0.15) is 0 Å². The average Bonchev–Trinajstić information content (AvgIpc) is 2.69. The van der Waals surface area contributed by atoms with Crippen molar-refractivity contribution in [3.05, 3.63) is 33.9 Å². The Morgan fingerprint density at radius 2 is 1.89 bits per heavy atom. The third-order valence-electron chi connectivity index (χ3n) is 2.21. The van der Waals surface area contributed by atoms with Gasteiger partial charge in [-0.05, 0) is 24.3 Å².